The minimum Gasteiger partial charge on any atom is -0.493 e. The molecule has 2 amide bonds. The number of amides is 2. The van der Waals surface area contributed by atoms with E-state index in [-0.39, 0.29) is 23.2 Å². The van der Waals surface area contributed by atoms with Crippen molar-refractivity contribution in [2.24, 2.45) is 0 Å². The summed E-state index contributed by atoms with van der Waals surface area (Å²) < 4.78 is 34.2. The molecule has 8 heteroatoms. The van der Waals surface area contributed by atoms with Gasteiger partial charge in [-0.1, -0.05) is 23.7 Å². The highest BCUT2D eigenvalue weighted by molar-refractivity contribution is 6.30. The van der Waals surface area contributed by atoms with Gasteiger partial charge in [0.05, 0.1) is 13.2 Å². The first kappa shape index (κ1) is 18.8. The van der Waals surface area contributed by atoms with Crippen LogP contribution in [0.2, 0.25) is 5.02 Å². The summed E-state index contributed by atoms with van der Waals surface area (Å²) in [5.74, 6) is -0.0308. The molecule has 2 aromatic rings. The molecule has 0 heterocycles. The summed E-state index contributed by atoms with van der Waals surface area (Å²) >= 11 is 5.93. The van der Waals surface area contributed by atoms with Crippen molar-refractivity contribution in [3.05, 3.63) is 53.1 Å². The molecule has 1 unspecified atom stereocenters. The van der Waals surface area contributed by atoms with Crippen molar-refractivity contribution in [1.82, 2.24) is 5.32 Å². The molecule has 0 saturated carbocycles. The van der Waals surface area contributed by atoms with Gasteiger partial charge in [0.25, 0.3) is 0 Å². The number of benzene rings is 2. The fourth-order valence-corrected chi connectivity index (χ4v) is 2.36. The number of alkyl halides is 2. The zero-order chi connectivity index (χ0) is 18.4. The summed E-state index contributed by atoms with van der Waals surface area (Å²) in [6.07, 6.45) is 0. The topological polar surface area (TPSA) is 59.6 Å². The molecule has 0 saturated heterocycles. The Morgan fingerprint density at radius 1 is 1.16 bits per heavy atom. The van der Waals surface area contributed by atoms with Gasteiger partial charge in [-0.15, -0.1) is 0 Å². The number of anilines is 1. The number of ether oxygens (including phenoxy) is 2. The van der Waals surface area contributed by atoms with Crippen LogP contribution >= 0.6 is 11.6 Å². The summed E-state index contributed by atoms with van der Waals surface area (Å²) in [7, 11) is 1.33. The fraction of sp³-hybridized carbons (Fsp3) is 0.235. The summed E-state index contributed by atoms with van der Waals surface area (Å²) in [6, 6.07) is 10.5. The molecule has 1 atom stereocenters. The highest BCUT2D eigenvalue weighted by Crippen LogP contribution is 2.31. The van der Waals surface area contributed by atoms with Crippen LogP contribution in [0.4, 0.5) is 19.3 Å². The lowest BCUT2D eigenvalue weighted by Crippen LogP contribution is -2.31. The van der Waals surface area contributed by atoms with Crippen LogP contribution in [-0.4, -0.2) is 19.8 Å². The second-order valence-corrected chi connectivity index (χ2v) is 5.56. The smallest absolute Gasteiger partial charge is 0.387 e. The van der Waals surface area contributed by atoms with E-state index >= 15 is 0 Å². The molecule has 0 aliphatic carbocycles. The third-order valence-corrected chi connectivity index (χ3v) is 3.57. The number of hydrogen-bond acceptors (Lipinski definition) is 3. The summed E-state index contributed by atoms with van der Waals surface area (Å²) in [4.78, 5) is 12.1. The Hall–Kier alpha value is -2.54. The average molecular weight is 371 g/mol. The summed E-state index contributed by atoms with van der Waals surface area (Å²) in [6.45, 7) is -1.20. The third kappa shape index (κ3) is 5.49. The zero-order valence-electron chi connectivity index (χ0n) is 13.6. The zero-order valence-corrected chi connectivity index (χ0v) is 14.3. The standard InChI is InChI=1S/C17H17ClF2N2O3/c1-10(11-4-3-5-12(18)8-11)21-17(23)22-13-6-7-14(24-2)15(9-13)25-16(19)20/h3-10,16H,1-2H3,(H2,21,22,23). The van der Waals surface area contributed by atoms with Crippen molar-refractivity contribution in [3.63, 3.8) is 0 Å². The minimum atomic E-state index is -3.00. The number of halogens is 3. The van der Waals surface area contributed by atoms with Crippen molar-refractivity contribution >= 4 is 23.3 Å². The van der Waals surface area contributed by atoms with Gasteiger partial charge in [0.2, 0.25) is 0 Å². The van der Waals surface area contributed by atoms with Crippen molar-refractivity contribution in [3.8, 4) is 11.5 Å². The van der Waals surface area contributed by atoms with Crippen LogP contribution in [-0.2, 0) is 0 Å². The first-order chi connectivity index (χ1) is 11.9. The van der Waals surface area contributed by atoms with E-state index in [4.69, 9.17) is 16.3 Å². The summed E-state index contributed by atoms with van der Waals surface area (Å²) in [5, 5.41) is 5.86. The SMILES string of the molecule is COc1ccc(NC(=O)NC(C)c2cccc(Cl)c2)cc1OC(F)F. The number of methoxy groups -OCH3 is 1. The van der Waals surface area contributed by atoms with E-state index in [2.05, 4.69) is 15.4 Å². The Morgan fingerprint density at radius 3 is 2.56 bits per heavy atom. The molecule has 0 spiro atoms. The van der Waals surface area contributed by atoms with Crippen molar-refractivity contribution in [2.75, 3.05) is 12.4 Å². The van der Waals surface area contributed by atoms with Gasteiger partial charge < -0.3 is 20.1 Å². The molecule has 0 radical (unpaired) electrons. The lowest BCUT2D eigenvalue weighted by molar-refractivity contribution is -0.0511. The van der Waals surface area contributed by atoms with E-state index in [0.717, 1.165) is 5.56 Å². The first-order valence-corrected chi connectivity index (χ1v) is 7.72. The molecule has 0 aliphatic heterocycles. The number of hydrogen-bond donors (Lipinski definition) is 2. The molecular weight excluding hydrogens is 354 g/mol. The third-order valence-electron chi connectivity index (χ3n) is 3.33. The molecule has 2 N–H and O–H groups in total. The van der Waals surface area contributed by atoms with Crippen LogP contribution < -0.4 is 20.1 Å². The molecule has 2 aromatic carbocycles. The van der Waals surface area contributed by atoms with E-state index in [1.165, 1.54) is 25.3 Å². The van der Waals surface area contributed by atoms with Crippen LogP contribution in [0.1, 0.15) is 18.5 Å². The predicted octanol–water partition coefficient (Wildman–Crippen LogP) is 4.83. The van der Waals surface area contributed by atoms with Crippen molar-refractivity contribution < 1.29 is 23.0 Å². The fourth-order valence-electron chi connectivity index (χ4n) is 2.17. The van der Waals surface area contributed by atoms with Gasteiger partial charge in [0, 0.05) is 16.8 Å². The molecule has 0 aromatic heterocycles. The van der Waals surface area contributed by atoms with E-state index in [9.17, 15) is 13.6 Å². The average Bonchev–Trinajstić information content (AvgIpc) is 2.54. The first-order valence-electron chi connectivity index (χ1n) is 7.35. The lowest BCUT2D eigenvalue weighted by atomic mass is 10.1. The molecule has 0 fully saturated rings. The maximum atomic E-state index is 12.4. The van der Waals surface area contributed by atoms with Crippen LogP contribution in [0.15, 0.2) is 42.5 Å². The Balaban J connectivity index is 2.04. The van der Waals surface area contributed by atoms with Crippen molar-refractivity contribution in [1.29, 1.82) is 0 Å². The Kier molecular flexibility index (Phi) is 6.41. The quantitative estimate of drug-likeness (QED) is 0.765. The molecule has 2 rings (SSSR count). The van der Waals surface area contributed by atoms with Gasteiger partial charge in [-0.05, 0) is 36.8 Å². The second-order valence-electron chi connectivity index (χ2n) is 5.12. The number of carbonyl (C=O) groups is 1. The Labute approximate surface area is 148 Å². The highest BCUT2D eigenvalue weighted by Gasteiger charge is 2.14. The minimum absolute atomic E-state index is 0.138. The monoisotopic (exact) mass is 370 g/mol. The van der Waals surface area contributed by atoms with Gasteiger partial charge in [0.1, 0.15) is 0 Å². The molecule has 134 valence electrons. The maximum Gasteiger partial charge on any atom is 0.387 e. The van der Waals surface area contributed by atoms with E-state index in [1.54, 1.807) is 25.1 Å². The summed E-state index contributed by atoms with van der Waals surface area (Å²) in [5.41, 5.74) is 1.12. The number of nitrogens with one attached hydrogen (secondary N) is 2. The molecule has 0 aliphatic rings. The van der Waals surface area contributed by atoms with Crippen LogP contribution in [0, 0.1) is 0 Å². The second kappa shape index (κ2) is 8.53. The lowest BCUT2D eigenvalue weighted by Gasteiger charge is -2.16. The normalized spacial score (nSPS) is 11.8. The van der Waals surface area contributed by atoms with E-state index in [1.807, 2.05) is 6.07 Å². The van der Waals surface area contributed by atoms with Crippen LogP contribution in [0.3, 0.4) is 0 Å². The Bertz CT molecular complexity index is 744. The Morgan fingerprint density at radius 2 is 1.92 bits per heavy atom. The van der Waals surface area contributed by atoms with Gasteiger partial charge in [0.15, 0.2) is 11.5 Å². The van der Waals surface area contributed by atoms with Crippen LogP contribution in [0.5, 0.6) is 11.5 Å². The number of urea groups is 1. The maximum absolute atomic E-state index is 12.4. The molecular formula is C17H17ClF2N2O3. The van der Waals surface area contributed by atoms with Gasteiger partial charge >= 0.3 is 12.6 Å². The molecule has 25 heavy (non-hydrogen) atoms. The number of rotatable bonds is 6. The van der Waals surface area contributed by atoms with Crippen molar-refractivity contribution in [2.45, 2.75) is 19.6 Å². The predicted molar refractivity (Wildman–Crippen MR) is 91.6 cm³/mol. The highest BCUT2D eigenvalue weighted by atomic mass is 35.5. The van der Waals surface area contributed by atoms with Gasteiger partial charge in [-0.25, -0.2) is 4.79 Å². The van der Waals surface area contributed by atoms with E-state index in [0.29, 0.717) is 5.02 Å². The van der Waals surface area contributed by atoms with Gasteiger partial charge in [-0.3, -0.25) is 0 Å². The van der Waals surface area contributed by atoms with Crippen LogP contribution in [0.25, 0.3) is 0 Å². The molecule has 5 nitrogen and oxygen atoms in total. The largest absolute Gasteiger partial charge is 0.493 e. The van der Waals surface area contributed by atoms with E-state index < -0.39 is 12.6 Å². The molecule has 0 bridgehead atoms. The van der Waals surface area contributed by atoms with Gasteiger partial charge in [-0.2, -0.15) is 8.78 Å². The number of carbonyl (C=O) groups excluding carboxylic acids is 1.